The van der Waals surface area contributed by atoms with Gasteiger partial charge in [0.15, 0.2) is 0 Å². The van der Waals surface area contributed by atoms with Gasteiger partial charge in [0.1, 0.15) is 0 Å². The van der Waals surface area contributed by atoms with Gasteiger partial charge >= 0.3 is 0 Å². The van der Waals surface area contributed by atoms with Crippen LogP contribution in [-0.4, -0.2) is 6.04 Å². The molecule has 1 aliphatic carbocycles. The molecule has 15 heavy (non-hydrogen) atoms. The van der Waals surface area contributed by atoms with Crippen LogP contribution in [0.3, 0.4) is 0 Å². The number of rotatable bonds is 5. The van der Waals surface area contributed by atoms with Crippen LogP contribution in [0.15, 0.2) is 30.3 Å². The lowest BCUT2D eigenvalue weighted by atomic mass is 10.0. The molecule has 1 heteroatoms. The van der Waals surface area contributed by atoms with Crippen LogP contribution in [0.4, 0.5) is 0 Å². The first-order chi connectivity index (χ1) is 7.27. The molecule has 1 aliphatic rings. The predicted octanol–water partition coefficient (Wildman–Crippen LogP) is 2.99. The highest BCUT2D eigenvalue weighted by atomic mass is 14.7. The summed E-state index contributed by atoms with van der Waals surface area (Å²) in [6.45, 7) is 2.31. The van der Waals surface area contributed by atoms with Crippen molar-refractivity contribution in [2.75, 3.05) is 0 Å². The Bertz CT molecular complexity index is 293. The Morgan fingerprint density at radius 1 is 1.33 bits per heavy atom. The fraction of sp³-hybridized carbons (Fsp3) is 0.571. The van der Waals surface area contributed by atoms with Crippen LogP contribution in [0.25, 0.3) is 0 Å². The van der Waals surface area contributed by atoms with Crippen molar-refractivity contribution in [3.63, 3.8) is 0 Å². The van der Waals surface area contributed by atoms with Crippen molar-refractivity contribution in [1.82, 2.24) is 0 Å². The molecular weight excluding hydrogens is 182 g/mol. The van der Waals surface area contributed by atoms with E-state index in [9.17, 15) is 0 Å². The van der Waals surface area contributed by atoms with E-state index in [0.29, 0.717) is 6.04 Å². The van der Waals surface area contributed by atoms with E-state index in [4.69, 9.17) is 5.73 Å². The van der Waals surface area contributed by atoms with Crippen molar-refractivity contribution in [2.45, 2.75) is 38.6 Å². The highest BCUT2D eigenvalue weighted by molar-refractivity contribution is 5.14. The average molecular weight is 203 g/mol. The molecule has 1 saturated carbocycles. The van der Waals surface area contributed by atoms with Gasteiger partial charge in [-0.05, 0) is 43.1 Å². The van der Waals surface area contributed by atoms with E-state index >= 15 is 0 Å². The maximum absolute atomic E-state index is 6.13. The zero-order valence-corrected chi connectivity index (χ0v) is 9.52. The van der Waals surface area contributed by atoms with Crippen molar-refractivity contribution in [1.29, 1.82) is 0 Å². The van der Waals surface area contributed by atoms with E-state index in [1.165, 1.54) is 31.2 Å². The minimum absolute atomic E-state index is 0.448. The van der Waals surface area contributed by atoms with Crippen molar-refractivity contribution in [3.8, 4) is 0 Å². The lowest BCUT2D eigenvalue weighted by molar-refractivity contribution is 0.507. The van der Waals surface area contributed by atoms with E-state index in [1.54, 1.807) is 0 Å². The second-order valence-electron chi connectivity index (χ2n) is 4.92. The highest BCUT2D eigenvalue weighted by Crippen LogP contribution is 2.40. The van der Waals surface area contributed by atoms with Crippen molar-refractivity contribution in [3.05, 3.63) is 35.9 Å². The Balaban J connectivity index is 1.67. The summed E-state index contributed by atoms with van der Waals surface area (Å²) < 4.78 is 0. The quantitative estimate of drug-likeness (QED) is 0.782. The predicted molar refractivity (Wildman–Crippen MR) is 64.6 cm³/mol. The smallest absolute Gasteiger partial charge is 0.00699 e. The van der Waals surface area contributed by atoms with E-state index in [0.717, 1.165) is 11.8 Å². The van der Waals surface area contributed by atoms with Gasteiger partial charge in [0.25, 0.3) is 0 Å². The zero-order chi connectivity index (χ0) is 10.7. The monoisotopic (exact) mass is 203 g/mol. The molecule has 0 bridgehead atoms. The first-order valence-electron chi connectivity index (χ1n) is 6.07. The number of hydrogen-bond acceptors (Lipinski definition) is 1. The molecule has 0 spiro atoms. The first kappa shape index (κ1) is 10.7. The highest BCUT2D eigenvalue weighted by Gasteiger charge is 2.36. The minimum atomic E-state index is 0.448. The molecular formula is C14H21N. The third-order valence-electron chi connectivity index (χ3n) is 3.57. The Hall–Kier alpha value is -0.820. The van der Waals surface area contributed by atoms with Crippen LogP contribution in [0.5, 0.6) is 0 Å². The first-order valence-corrected chi connectivity index (χ1v) is 6.07. The molecule has 0 heterocycles. The van der Waals surface area contributed by atoms with Gasteiger partial charge in [-0.2, -0.15) is 0 Å². The van der Waals surface area contributed by atoms with Gasteiger partial charge in [0.05, 0.1) is 0 Å². The van der Waals surface area contributed by atoms with Crippen molar-refractivity contribution >= 4 is 0 Å². The summed E-state index contributed by atoms with van der Waals surface area (Å²) in [7, 11) is 0. The van der Waals surface area contributed by atoms with Gasteiger partial charge in [-0.25, -0.2) is 0 Å². The summed E-state index contributed by atoms with van der Waals surface area (Å²) in [5.41, 5.74) is 7.57. The van der Waals surface area contributed by atoms with E-state index in [-0.39, 0.29) is 0 Å². The molecule has 3 unspecified atom stereocenters. The van der Waals surface area contributed by atoms with E-state index in [2.05, 4.69) is 37.3 Å². The van der Waals surface area contributed by atoms with Gasteiger partial charge in [-0.1, -0.05) is 37.3 Å². The molecule has 82 valence electrons. The Kier molecular flexibility index (Phi) is 3.42. The minimum Gasteiger partial charge on any atom is -0.327 e. The standard InChI is InChI=1S/C14H21N/c1-11-10-13(11)14(15)9-5-8-12-6-3-2-4-7-12/h2-4,6-7,11,13-14H,5,8-10,15H2,1H3. The van der Waals surface area contributed by atoms with Crippen LogP contribution in [0.1, 0.15) is 31.7 Å². The van der Waals surface area contributed by atoms with Crippen LogP contribution in [0.2, 0.25) is 0 Å². The van der Waals surface area contributed by atoms with E-state index in [1.807, 2.05) is 0 Å². The molecule has 0 amide bonds. The van der Waals surface area contributed by atoms with Gasteiger partial charge in [0.2, 0.25) is 0 Å². The van der Waals surface area contributed by atoms with Crippen molar-refractivity contribution < 1.29 is 0 Å². The molecule has 1 fully saturated rings. The summed E-state index contributed by atoms with van der Waals surface area (Å²) >= 11 is 0. The molecule has 2 N–H and O–H groups in total. The maximum Gasteiger partial charge on any atom is 0.00699 e. The lowest BCUT2D eigenvalue weighted by Crippen LogP contribution is -2.23. The summed E-state index contributed by atoms with van der Waals surface area (Å²) in [4.78, 5) is 0. The average Bonchev–Trinajstić information content (AvgIpc) is 2.97. The normalized spacial score (nSPS) is 26.3. The molecule has 0 aliphatic heterocycles. The third-order valence-corrected chi connectivity index (χ3v) is 3.57. The van der Waals surface area contributed by atoms with Crippen LogP contribution < -0.4 is 5.73 Å². The molecule has 3 atom stereocenters. The van der Waals surface area contributed by atoms with Gasteiger partial charge in [0, 0.05) is 6.04 Å². The number of benzene rings is 1. The number of nitrogens with two attached hydrogens (primary N) is 1. The van der Waals surface area contributed by atoms with Gasteiger partial charge < -0.3 is 5.73 Å². The molecule has 1 nitrogen and oxygen atoms in total. The molecule has 0 saturated heterocycles. The number of hydrogen-bond donors (Lipinski definition) is 1. The van der Waals surface area contributed by atoms with Crippen molar-refractivity contribution in [2.24, 2.45) is 17.6 Å². The van der Waals surface area contributed by atoms with Crippen LogP contribution in [0, 0.1) is 11.8 Å². The zero-order valence-electron chi connectivity index (χ0n) is 9.52. The van der Waals surface area contributed by atoms with Crippen LogP contribution in [-0.2, 0) is 6.42 Å². The summed E-state index contributed by atoms with van der Waals surface area (Å²) in [5.74, 6) is 1.71. The molecule has 0 aromatic heterocycles. The molecule has 1 aromatic carbocycles. The van der Waals surface area contributed by atoms with Gasteiger partial charge in [-0.3, -0.25) is 0 Å². The SMILES string of the molecule is CC1CC1C(N)CCCc1ccccc1. The fourth-order valence-electron chi connectivity index (χ4n) is 2.35. The van der Waals surface area contributed by atoms with E-state index < -0.39 is 0 Å². The lowest BCUT2D eigenvalue weighted by Gasteiger charge is -2.10. The Labute approximate surface area is 92.7 Å². The Morgan fingerprint density at radius 2 is 2.00 bits per heavy atom. The maximum atomic E-state index is 6.13. The largest absolute Gasteiger partial charge is 0.327 e. The second-order valence-corrected chi connectivity index (χ2v) is 4.92. The summed E-state index contributed by atoms with van der Waals surface area (Å²) in [5, 5.41) is 0. The van der Waals surface area contributed by atoms with Crippen LogP contribution >= 0.6 is 0 Å². The third kappa shape index (κ3) is 3.07. The van der Waals surface area contributed by atoms with Gasteiger partial charge in [-0.15, -0.1) is 0 Å². The fourth-order valence-corrected chi connectivity index (χ4v) is 2.35. The molecule has 1 aromatic rings. The topological polar surface area (TPSA) is 26.0 Å². The summed E-state index contributed by atoms with van der Waals surface area (Å²) in [6.07, 6.45) is 4.94. The number of aryl methyl sites for hydroxylation is 1. The molecule has 2 rings (SSSR count). The second kappa shape index (κ2) is 4.80. The summed E-state index contributed by atoms with van der Waals surface area (Å²) in [6, 6.07) is 11.1. The Morgan fingerprint density at radius 3 is 2.60 bits per heavy atom. The molecule has 0 radical (unpaired) electrons.